The molecule has 0 radical (unpaired) electrons. The second kappa shape index (κ2) is 7.43. The lowest BCUT2D eigenvalue weighted by Crippen LogP contribution is -2.40. The number of benzene rings is 1. The summed E-state index contributed by atoms with van der Waals surface area (Å²) in [7, 11) is 0. The van der Waals surface area contributed by atoms with Gasteiger partial charge < -0.3 is 20.5 Å². The summed E-state index contributed by atoms with van der Waals surface area (Å²) >= 11 is 0. The Balaban J connectivity index is 0.00000242. The number of carbonyl (C=O) groups excluding carboxylic acids is 1. The number of Topliss-reactive ketones (excluding diaryl/α,β-unsaturated/α-hetero) is 1. The fourth-order valence-electron chi connectivity index (χ4n) is 2.01. The van der Waals surface area contributed by atoms with E-state index in [1.54, 1.807) is 13.0 Å². The molecule has 9 heteroatoms. The van der Waals surface area contributed by atoms with Gasteiger partial charge in [0.05, 0.1) is 22.6 Å². The number of fused-ring (bicyclic) bond motifs is 1. The molecule has 0 saturated heterocycles. The number of nitrogens with two attached hydrogens (primary N) is 1. The van der Waals surface area contributed by atoms with Crippen LogP contribution in [0.1, 0.15) is 25.5 Å². The maximum atomic E-state index is 11.2. The molecular formula is C13H19N3O5S. The van der Waals surface area contributed by atoms with E-state index in [1.807, 2.05) is 0 Å². The molecule has 1 aliphatic rings. The Morgan fingerprint density at radius 3 is 2.59 bits per heavy atom. The zero-order chi connectivity index (χ0) is 15.6. The van der Waals surface area contributed by atoms with E-state index in [0.717, 1.165) is 0 Å². The first-order valence-corrected chi connectivity index (χ1v) is 6.47. The molecule has 22 heavy (non-hydrogen) atoms. The number of nitrogens with zero attached hydrogens (tertiary/aromatic N) is 1. The highest BCUT2D eigenvalue weighted by atomic mass is 32.1. The van der Waals surface area contributed by atoms with Crippen molar-refractivity contribution in [2.75, 3.05) is 13.3 Å². The molecule has 0 fully saturated rings. The molecule has 122 valence electrons. The molecule has 0 aromatic heterocycles. The molecular weight excluding hydrogens is 310 g/mol. The minimum absolute atomic E-state index is 0. The van der Waals surface area contributed by atoms with Crippen LogP contribution in [0.25, 0.3) is 0 Å². The van der Waals surface area contributed by atoms with Crippen LogP contribution >= 0.6 is 13.5 Å². The molecule has 2 atom stereocenters. The van der Waals surface area contributed by atoms with Crippen molar-refractivity contribution in [3.63, 3.8) is 0 Å². The second-order valence-corrected chi connectivity index (χ2v) is 4.87. The van der Waals surface area contributed by atoms with Gasteiger partial charge >= 0.3 is 0 Å². The number of hydrogen-bond acceptors (Lipinski definition) is 7. The topological polar surface area (TPSA) is 117 Å². The summed E-state index contributed by atoms with van der Waals surface area (Å²) in [5, 5.41) is 14.2. The van der Waals surface area contributed by atoms with E-state index in [0.29, 0.717) is 17.1 Å². The summed E-state index contributed by atoms with van der Waals surface area (Å²) in [4.78, 5) is 21.8. The first-order chi connectivity index (χ1) is 9.90. The molecule has 1 aliphatic heterocycles. The summed E-state index contributed by atoms with van der Waals surface area (Å²) in [6, 6.07) is 1.93. The van der Waals surface area contributed by atoms with Crippen molar-refractivity contribution in [2.24, 2.45) is 5.73 Å². The van der Waals surface area contributed by atoms with Crippen LogP contribution in [-0.2, 0) is 4.79 Å². The van der Waals surface area contributed by atoms with Gasteiger partial charge in [0.25, 0.3) is 5.69 Å². The monoisotopic (exact) mass is 329 g/mol. The van der Waals surface area contributed by atoms with Crippen LogP contribution in [0.3, 0.4) is 0 Å². The van der Waals surface area contributed by atoms with Gasteiger partial charge in [-0.2, -0.15) is 13.5 Å². The molecule has 8 nitrogen and oxygen atoms in total. The SMILES string of the molecule is CC(=O)[C@@H](N)CNC(C)c1cc2c(cc1[N+](=O)[O-])OCO2.S. The first kappa shape index (κ1) is 18.2. The van der Waals surface area contributed by atoms with Crippen molar-refractivity contribution in [2.45, 2.75) is 25.9 Å². The normalized spacial score (nSPS) is 14.9. The Morgan fingerprint density at radius 2 is 2.05 bits per heavy atom. The van der Waals surface area contributed by atoms with Crippen LogP contribution in [0.5, 0.6) is 11.5 Å². The number of carbonyl (C=O) groups is 1. The quantitative estimate of drug-likeness (QED) is 0.590. The maximum Gasteiger partial charge on any atom is 0.278 e. The van der Waals surface area contributed by atoms with Crippen molar-refractivity contribution in [1.82, 2.24) is 5.32 Å². The number of nitrogens with one attached hydrogen (secondary N) is 1. The minimum atomic E-state index is -0.638. The molecule has 1 heterocycles. The lowest BCUT2D eigenvalue weighted by molar-refractivity contribution is -0.385. The highest BCUT2D eigenvalue weighted by Gasteiger charge is 2.26. The lowest BCUT2D eigenvalue weighted by Gasteiger charge is -2.17. The first-order valence-electron chi connectivity index (χ1n) is 6.47. The molecule has 0 saturated carbocycles. The molecule has 1 aromatic carbocycles. The van der Waals surface area contributed by atoms with Gasteiger partial charge in [0, 0.05) is 12.6 Å². The molecule has 0 spiro atoms. The average molecular weight is 329 g/mol. The smallest absolute Gasteiger partial charge is 0.278 e. The number of rotatable bonds is 6. The predicted octanol–water partition coefficient (Wildman–Crippen LogP) is 1.00. The summed E-state index contributed by atoms with van der Waals surface area (Å²) in [6.45, 7) is 3.45. The Bertz CT molecular complexity index is 581. The van der Waals surface area contributed by atoms with E-state index in [2.05, 4.69) is 5.32 Å². The van der Waals surface area contributed by atoms with E-state index in [-0.39, 0.29) is 44.3 Å². The number of nitro groups is 1. The van der Waals surface area contributed by atoms with E-state index >= 15 is 0 Å². The number of ketones is 1. The van der Waals surface area contributed by atoms with Gasteiger partial charge in [-0.05, 0) is 19.9 Å². The zero-order valence-electron chi connectivity index (χ0n) is 12.3. The summed E-state index contributed by atoms with van der Waals surface area (Å²) < 4.78 is 10.4. The fraction of sp³-hybridized carbons (Fsp3) is 0.462. The second-order valence-electron chi connectivity index (χ2n) is 4.87. The summed E-state index contributed by atoms with van der Waals surface area (Å²) in [5.41, 5.74) is 6.04. The molecule has 2 rings (SSSR count). The Labute approximate surface area is 134 Å². The van der Waals surface area contributed by atoms with Crippen molar-refractivity contribution in [3.8, 4) is 11.5 Å². The Hall–Kier alpha value is -1.84. The van der Waals surface area contributed by atoms with Gasteiger partial charge in [0.2, 0.25) is 6.79 Å². The third kappa shape index (κ3) is 3.87. The van der Waals surface area contributed by atoms with E-state index in [1.165, 1.54) is 13.0 Å². The maximum absolute atomic E-state index is 11.2. The third-order valence-electron chi connectivity index (χ3n) is 3.35. The van der Waals surface area contributed by atoms with Gasteiger partial charge in [0.1, 0.15) is 5.78 Å². The van der Waals surface area contributed by atoms with Gasteiger partial charge in [-0.25, -0.2) is 0 Å². The predicted molar refractivity (Wildman–Crippen MR) is 84.7 cm³/mol. The highest BCUT2D eigenvalue weighted by Crippen LogP contribution is 2.39. The van der Waals surface area contributed by atoms with Gasteiger partial charge in [-0.15, -0.1) is 0 Å². The van der Waals surface area contributed by atoms with E-state index in [4.69, 9.17) is 15.2 Å². The Kier molecular flexibility index (Phi) is 6.15. The average Bonchev–Trinajstić information content (AvgIpc) is 2.89. The van der Waals surface area contributed by atoms with Gasteiger partial charge in [0.15, 0.2) is 11.5 Å². The molecule has 1 unspecified atom stereocenters. The Morgan fingerprint density at radius 1 is 1.45 bits per heavy atom. The zero-order valence-corrected chi connectivity index (χ0v) is 13.3. The molecule has 0 bridgehead atoms. The fourth-order valence-corrected chi connectivity index (χ4v) is 2.01. The lowest BCUT2D eigenvalue weighted by atomic mass is 10.0. The highest BCUT2D eigenvalue weighted by molar-refractivity contribution is 7.59. The standard InChI is InChI=1S/C13H17N3O5.H2S/c1-7(15-5-10(14)8(2)17)9-3-12-13(21-6-20-12)4-11(9)16(18)19;/h3-4,7,10,15H,5-6,14H2,1-2H3;1H2/t7?,10-;/m0./s1. The van der Waals surface area contributed by atoms with Crippen molar-refractivity contribution < 1.29 is 19.2 Å². The van der Waals surface area contributed by atoms with Crippen molar-refractivity contribution in [3.05, 3.63) is 27.8 Å². The summed E-state index contributed by atoms with van der Waals surface area (Å²) in [6.07, 6.45) is 0. The minimum Gasteiger partial charge on any atom is -0.454 e. The summed E-state index contributed by atoms with van der Waals surface area (Å²) in [5.74, 6) is 0.688. The van der Waals surface area contributed by atoms with Crippen molar-refractivity contribution in [1.29, 1.82) is 0 Å². The van der Waals surface area contributed by atoms with Crippen molar-refractivity contribution >= 4 is 25.0 Å². The molecule has 0 amide bonds. The molecule has 3 N–H and O–H groups in total. The van der Waals surface area contributed by atoms with Crippen LogP contribution in [0.4, 0.5) is 5.69 Å². The van der Waals surface area contributed by atoms with Gasteiger partial charge in [-0.3, -0.25) is 14.9 Å². The van der Waals surface area contributed by atoms with Gasteiger partial charge in [-0.1, -0.05) is 0 Å². The van der Waals surface area contributed by atoms with Crippen LogP contribution in [0.2, 0.25) is 0 Å². The third-order valence-corrected chi connectivity index (χ3v) is 3.35. The van der Waals surface area contributed by atoms with E-state index < -0.39 is 11.0 Å². The van der Waals surface area contributed by atoms with Crippen LogP contribution in [0.15, 0.2) is 12.1 Å². The van der Waals surface area contributed by atoms with Crippen LogP contribution < -0.4 is 20.5 Å². The largest absolute Gasteiger partial charge is 0.454 e. The van der Waals surface area contributed by atoms with E-state index in [9.17, 15) is 14.9 Å². The number of hydrogen-bond donors (Lipinski definition) is 2. The van der Waals surface area contributed by atoms with Crippen LogP contribution in [-0.4, -0.2) is 30.1 Å². The number of ether oxygens (including phenoxy) is 2. The molecule has 1 aromatic rings. The van der Waals surface area contributed by atoms with Crippen LogP contribution in [0, 0.1) is 10.1 Å². The number of nitro benzene ring substituents is 1. The molecule has 0 aliphatic carbocycles.